The van der Waals surface area contributed by atoms with Crippen molar-refractivity contribution in [2.24, 2.45) is 0 Å². The van der Waals surface area contributed by atoms with Gasteiger partial charge in [-0.05, 0) is 38.1 Å². The highest BCUT2D eigenvalue weighted by Gasteiger charge is 2.23. The van der Waals surface area contributed by atoms with Gasteiger partial charge in [0.15, 0.2) is 6.10 Å². The van der Waals surface area contributed by atoms with Crippen molar-refractivity contribution in [1.82, 2.24) is 0 Å². The minimum absolute atomic E-state index is 0.195. The first-order chi connectivity index (χ1) is 8.60. The van der Waals surface area contributed by atoms with Crippen LogP contribution in [0.15, 0.2) is 30.4 Å². The number of rotatable bonds is 2. The summed E-state index contributed by atoms with van der Waals surface area (Å²) in [5.74, 6) is 0.194. The Hall–Kier alpha value is -2.30. The van der Waals surface area contributed by atoms with Crippen LogP contribution in [0.1, 0.15) is 13.8 Å². The van der Waals surface area contributed by atoms with E-state index in [1.165, 1.54) is 6.08 Å². The summed E-state index contributed by atoms with van der Waals surface area (Å²) in [7, 11) is 0. The van der Waals surface area contributed by atoms with Gasteiger partial charge in [0.2, 0.25) is 5.91 Å². The van der Waals surface area contributed by atoms with Crippen molar-refractivity contribution in [1.29, 1.82) is 0 Å². The molecule has 1 heterocycles. The molecule has 1 unspecified atom stereocenters. The van der Waals surface area contributed by atoms with Gasteiger partial charge in [0, 0.05) is 5.69 Å². The second-order valence-corrected chi connectivity index (χ2v) is 3.95. The molecule has 1 aromatic carbocycles. The standard InChI is InChI=1S/C13H14N2O3/c1-3-4-12(16)14-9-5-6-11-10(7-9)15-13(17)8(2)18-11/h3-8H,1-2H3,(H,14,16)(H,15,17). The number of amides is 2. The molecule has 0 saturated heterocycles. The predicted molar refractivity (Wildman–Crippen MR) is 68.6 cm³/mol. The number of nitrogens with one attached hydrogen (secondary N) is 2. The van der Waals surface area contributed by atoms with Crippen LogP contribution in [-0.2, 0) is 9.59 Å². The van der Waals surface area contributed by atoms with Gasteiger partial charge in [0.25, 0.3) is 5.91 Å². The summed E-state index contributed by atoms with van der Waals surface area (Å²) in [5, 5.41) is 5.41. The van der Waals surface area contributed by atoms with Crippen molar-refractivity contribution in [3.63, 3.8) is 0 Å². The van der Waals surface area contributed by atoms with Crippen LogP contribution in [-0.4, -0.2) is 17.9 Å². The zero-order chi connectivity index (χ0) is 13.1. The molecule has 0 aliphatic carbocycles. The van der Waals surface area contributed by atoms with E-state index in [0.29, 0.717) is 17.1 Å². The first kappa shape index (κ1) is 12.2. The number of ether oxygens (including phenoxy) is 1. The number of carbonyl (C=O) groups is 2. The molecule has 0 spiro atoms. The molecule has 2 N–H and O–H groups in total. The number of hydrogen-bond acceptors (Lipinski definition) is 3. The molecule has 0 fully saturated rings. The Morgan fingerprint density at radius 2 is 2.28 bits per heavy atom. The van der Waals surface area contributed by atoms with E-state index in [0.717, 1.165) is 0 Å². The van der Waals surface area contributed by atoms with E-state index < -0.39 is 6.10 Å². The Balaban J connectivity index is 2.20. The van der Waals surface area contributed by atoms with Crippen molar-refractivity contribution >= 4 is 23.2 Å². The molecule has 2 amide bonds. The van der Waals surface area contributed by atoms with E-state index in [4.69, 9.17) is 4.74 Å². The number of hydrogen-bond donors (Lipinski definition) is 2. The van der Waals surface area contributed by atoms with Gasteiger partial charge < -0.3 is 15.4 Å². The molecule has 1 atom stereocenters. The molecule has 18 heavy (non-hydrogen) atoms. The highest BCUT2D eigenvalue weighted by atomic mass is 16.5. The van der Waals surface area contributed by atoms with Gasteiger partial charge in [-0.25, -0.2) is 0 Å². The number of carbonyl (C=O) groups excluding carboxylic acids is 2. The fourth-order valence-electron chi connectivity index (χ4n) is 1.62. The van der Waals surface area contributed by atoms with E-state index in [2.05, 4.69) is 10.6 Å². The van der Waals surface area contributed by atoms with Gasteiger partial charge in [-0.3, -0.25) is 9.59 Å². The summed E-state index contributed by atoms with van der Waals surface area (Å²) in [5.41, 5.74) is 1.17. The Kier molecular flexibility index (Phi) is 3.32. The highest BCUT2D eigenvalue weighted by molar-refractivity contribution is 6.01. The van der Waals surface area contributed by atoms with Crippen LogP contribution in [0, 0.1) is 0 Å². The second-order valence-electron chi connectivity index (χ2n) is 3.95. The number of allylic oxidation sites excluding steroid dienone is 1. The lowest BCUT2D eigenvalue weighted by atomic mass is 10.2. The summed E-state index contributed by atoms with van der Waals surface area (Å²) in [4.78, 5) is 22.8. The Labute approximate surface area is 105 Å². The van der Waals surface area contributed by atoms with Crippen molar-refractivity contribution in [3.05, 3.63) is 30.4 Å². The zero-order valence-electron chi connectivity index (χ0n) is 10.2. The second kappa shape index (κ2) is 4.91. The lowest BCUT2D eigenvalue weighted by molar-refractivity contribution is -0.122. The molecule has 5 heteroatoms. The zero-order valence-corrected chi connectivity index (χ0v) is 10.2. The van der Waals surface area contributed by atoms with Gasteiger partial charge >= 0.3 is 0 Å². The third-order valence-electron chi connectivity index (χ3n) is 2.50. The molecule has 0 saturated carbocycles. The minimum Gasteiger partial charge on any atom is -0.479 e. The average molecular weight is 246 g/mol. The normalized spacial score (nSPS) is 17.9. The number of benzene rings is 1. The lowest BCUT2D eigenvalue weighted by Gasteiger charge is -2.23. The molecule has 0 bridgehead atoms. The van der Waals surface area contributed by atoms with E-state index in [1.54, 1.807) is 38.1 Å². The fourth-order valence-corrected chi connectivity index (χ4v) is 1.62. The number of fused-ring (bicyclic) bond motifs is 1. The summed E-state index contributed by atoms with van der Waals surface area (Å²) in [6.07, 6.45) is 2.58. The van der Waals surface area contributed by atoms with Gasteiger partial charge in [0.1, 0.15) is 5.75 Å². The maximum absolute atomic E-state index is 11.5. The predicted octanol–water partition coefficient (Wildman–Crippen LogP) is 1.92. The topological polar surface area (TPSA) is 67.4 Å². The Morgan fingerprint density at radius 3 is 3.00 bits per heavy atom. The first-order valence-corrected chi connectivity index (χ1v) is 5.65. The smallest absolute Gasteiger partial charge is 0.265 e. The molecule has 1 aromatic rings. The van der Waals surface area contributed by atoms with Crippen molar-refractivity contribution in [2.75, 3.05) is 10.6 Å². The van der Waals surface area contributed by atoms with Crippen LogP contribution >= 0.6 is 0 Å². The maximum atomic E-state index is 11.5. The average Bonchev–Trinajstić information content (AvgIpc) is 2.31. The summed E-state index contributed by atoms with van der Waals surface area (Å²) < 4.78 is 5.41. The number of anilines is 2. The maximum Gasteiger partial charge on any atom is 0.265 e. The quantitative estimate of drug-likeness (QED) is 0.783. The third kappa shape index (κ3) is 2.51. The van der Waals surface area contributed by atoms with Crippen molar-refractivity contribution in [3.8, 4) is 5.75 Å². The molecule has 0 aromatic heterocycles. The lowest BCUT2D eigenvalue weighted by Crippen LogP contribution is -2.34. The third-order valence-corrected chi connectivity index (χ3v) is 2.50. The molecular formula is C13H14N2O3. The van der Waals surface area contributed by atoms with Gasteiger partial charge in [0.05, 0.1) is 5.69 Å². The summed E-state index contributed by atoms with van der Waals surface area (Å²) in [6.45, 7) is 3.45. The highest BCUT2D eigenvalue weighted by Crippen LogP contribution is 2.32. The van der Waals surface area contributed by atoms with Gasteiger partial charge in [-0.1, -0.05) is 6.08 Å². The van der Waals surface area contributed by atoms with Crippen molar-refractivity contribution < 1.29 is 14.3 Å². The molecule has 0 radical (unpaired) electrons. The molecule has 1 aliphatic heterocycles. The van der Waals surface area contributed by atoms with Gasteiger partial charge in [-0.15, -0.1) is 0 Å². The first-order valence-electron chi connectivity index (χ1n) is 5.65. The van der Waals surface area contributed by atoms with Crippen molar-refractivity contribution in [2.45, 2.75) is 20.0 Å². The summed E-state index contributed by atoms with van der Waals surface area (Å²) in [6, 6.07) is 5.11. The van der Waals surface area contributed by atoms with E-state index in [-0.39, 0.29) is 11.8 Å². The summed E-state index contributed by atoms with van der Waals surface area (Å²) >= 11 is 0. The van der Waals surface area contributed by atoms with Crippen LogP contribution in [0.4, 0.5) is 11.4 Å². The Bertz CT molecular complexity index is 523. The molecule has 5 nitrogen and oxygen atoms in total. The fraction of sp³-hybridized carbons (Fsp3) is 0.231. The van der Waals surface area contributed by atoms with E-state index in [9.17, 15) is 9.59 Å². The molecule has 2 rings (SSSR count). The molecule has 1 aliphatic rings. The van der Waals surface area contributed by atoms with E-state index in [1.807, 2.05) is 0 Å². The SMILES string of the molecule is CC=CC(=O)Nc1ccc2c(c1)NC(=O)C(C)O2. The van der Waals surface area contributed by atoms with Crippen LogP contribution in [0.2, 0.25) is 0 Å². The van der Waals surface area contributed by atoms with Crippen LogP contribution in [0.5, 0.6) is 5.75 Å². The Morgan fingerprint density at radius 1 is 1.50 bits per heavy atom. The van der Waals surface area contributed by atoms with E-state index >= 15 is 0 Å². The van der Waals surface area contributed by atoms with Crippen LogP contribution in [0.25, 0.3) is 0 Å². The van der Waals surface area contributed by atoms with Crippen LogP contribution < -0.4 is 15.4 Å². The molecular weight excluding hydrogens is 232 g/mol. The van der Waals surface area contributed by atoms with Gasteiger partial charge in [-0.2, -0.15) is 0 Å². The molecule has 94 valence electrons. The minimum atomic E-state index is -0.499. The largest absolute Gasteiger partial charge is 0.479 e. The van der Waals surface area contributed by atoms with Crippen LogP contribution in [0.3, 0.4) is 0 Å². The monoisotopic (exact) mass is 246 g/mol.